The fourth-order valence-electron chi connectivity index (χ4n) is 3.14. The molecule has 0 amide bonds. The lowest BCUT2D eigenvalue weighted by Crippen LogP contribution is -2.30. The molecule has 0 radical (unpaired) electrons. The molecule has 0 bridgehead atoms. The Kier molecular flexibility index (Phi) is 6.31. The molecular formula is C16H26N2O. The topological polar surface area (TPSA) is 34.1 Å². The lowest BCUT2D eigenvalue weighted by molar-refractivity contribution is 0.196. The van der Waals surface area contributed by atoms with Crippen molar-refractivity contribution in [3.63, 3.8) is 0 Å². The zero-order valence-electron chi connectivity index (χ0n) is 12.0. The number of hydrogen-bond acceptors (Lipinski definition) is 3. The minimum absolute atomic E-state index is 0.625. The van der Waals surface area contributed by atoms with Crippen LogP contribution in [-0.2, 0) is 4.74 Å². The van der Waals surface area contributed by atoms with Crippen molar-refractivity contribution in [2.75, 3.05) is 26.8 Å². The lowest BCUT2D eigenvalue weighted by Gasteiger charge is -2.31. The van der Waals surface area contributed by atoms with Gasteiger partial charge in [0.2, 0.25) is 0 Å². The normalized spacial score (nSPS) is 18.4. The van der Waals surface area contributed by atoms with Crippen LogP contribution >= 0.6 is 0 Å². The SMILES string of the molecule is COCCNCC(c1ccncc1)C1CCCCC1. The van der Waals surface area contributed by atoms with Crippen molar-refractivity contribution in [2.45, 2.75) is 38.0 Å². The summed E-state index contributed by atoms with van der Waals surface area (Å²) in [5.41, 5.74) is 1.44. The number of methoxy groups -OCH3 is 1. The molecule has 2 rings (SSSR count). The molecule has 3 heteroatoms. The number of aromatic nitrogens is 1. The van der Waals surface area contributed by atoms with Crippen LogP contribution in [0.4, 0.5) is 0 Å². The van der Waals surface area contributed by atoms with Gasteiger partial charge in [-0.05, 0) is 42.4 Å². The van der Waals surface area contributed by atoms with E-state index < -0.39 is 0 Å². The summed E-state index contributed by atoms with van der Waals surface area (Å²) in [5.74, 6) is 1.45. The van der Waals surface area contributed by atoms with Crippen molar-refractivity contribution >= 4 is 0 Å². The van der Waals surface area contributed by atoms with Crippen molar-refractivity contribution in [3.8, 4) is 0 Å². The van der Waals surface area contributed by atoms with Gasteiger partial charge in [-0.3, -0.25) is 4.98 Å². The number of ether oxygens (including phenoxy) is 1. The molecule has 1 saturated carbocycles. The summed E-state index contributed by atoms with van der Waals surface area (Å²) in [5, 5.41) is 3.54. The van der Waals surface area contributed by atoms with Gasteiger partial charge in [-0.25, -0.2) is 0 Å². The summed E-state index contributed by atoms with van der Waals surface area (Å²) in [6, 6.07) is 4.36. The number of rotatable bonds is 7. The maximum absolute atomic E-state index is 5.10. The molecule has 1 unspecified atom stereocenters. The summed E-state index contributed by atoms with van der Waals surface area (Å²) in [6.45, 7) is 2.77. The zero-order valence-corrected chi connectivity index (χ0v) is 12.0. The lowest BCUT2D eigenvalue weighted by atomic mass is 9.77. The van der Waals surface area contributed by atoms with Crippen molar-refractivity contribution in [3.05, 3.63) is 30.1 Å². The molecule has 1 aromatic heterocycles. The monoisotopic (exact) mass is 262 g/mol. The number of pyridine rings is 1. The van der Waals surface area contributed by atoms with Gasteiger partial charge in [0.1, 0.15) is 0 Å². The summed E-state index contributed by atoms with van der Waals surface area (Å²) in [6.07, 6.45) is 10.8. The van der Waals surface area contributed by atoms with Crippen molar-refractivity contribution in [2.24, 2.45) is 5.92 Å². The molecule has 1 fully saturated rings. The predicted octanol–water partition coefficient (Wildman–Crippen LogP) is 2.98. The largest absolute Gasteiger partial charge is 0.383 e. The van der Waals surface area contributed by atoms with Crippen LogP contribution in [0.15, 0.2) is 24.5 Å². The van der Waals surface area contributed by atoms with Gasteiger partial charge >= 0.3 is 0 Å². The Labute approximate surface area is 116 Å². The molecule has 0 aliphatic heterocycles. The second-order valence-electron chi connectivity index (χ2n) is 5.48. The van der Waals surface area contributed by atoms with E-state index in [1.165, 1.54) is 37.7 Å². The Hall–Kier alpha value is -0.930. The molecule has 106 valence electrons. The first-order valence-electron chi connectivity index (χ1n) is 7.51. The zero-order chi connectivity index (χ0) is 13.3. The molecule has 0 spiro atoms. The quantitative estimate of drug-likeness (QED) is 0.767. The fourth-order valence-corrected chi connectivity index (χ4v) is 3.14. The molecule has 1 aromatic rings. The van der Waals surface area contributed by atoms with E-state index in [-0.39, 0.29) is 0 Å². The van der Waals surface area contributed by atoms with E-state index in [1.54, 1.807) is 7.11 Å². The van der Waals surface area contributed by atoms with Crippen LogP contribution in [0.5, 0.6) is 0 Å². The smallest absolute Gasteiger partial charge is 0.0587 e. The summed E-state index contributed by atoms with van der Waals surface area (Å²) in [7, 11) is 1.75. The summed E-state index contributed by atoms with van der Waals surface area (Å²) in [4.78, 5) is 4.14. The van der Waals surface area contributed by atoms with Crippen LogP contribution in [0, 0.1) is 5.92 Å². The molecule has 1 atom stereocenters. The minimum atomic E-state index is 0.625. The van der Waals surface area contributed by atoms with Crippen molar-refractivity contribution < 1.29 is 4.74 Å². The Morgan fingerprint density at radius 2 is 2.00 bits per heavy atom. The van der Waals surface area contributed by atoms with E-state index >= 15 is 0 Å². The van der Waals surface area contributed by atoms with Gasteiger partial charge in [0.25, 0.3) is 0 Å². The number of hydrogen-bond donors (Lipinski definition) is 1. The highest BCUT2D eigenvalue weighted by molar-refractivity contribution is 5.17. The molecular weight excluding hydrogens is 236 g/mol. The molecule has 1 N–H and O–H groups in total. The standard InChI is InChI=1S/C16H26N2O/c1-19-12-11-18-13-16(14-5-3-2-4-6-14)15-7-9-17-10-8-15/h7-10,14,16,18H,2-6,11-13H2,1H3. The van der Waals surface area contributed by atoms with Crippen LogP contribution in [-0.4, -0.2) is 31.8 Å². The molecule has 0 aromatic carbocycles. The first-order chi connectivity index (χ1) is 9.42. The maximum atomic E-state index is 5.10. The van der Waals surface area contributed by atoms with E-state index in [9.17, 15) is 0 Å². The average molecular weight is 262 g/mol. The van der Waals surface area contributed by atoms with Gasteiger partial charge in [0.05, 0.1) is 6.61 Å². The predicted molar refractivity (Wildman–Crippen MR) is 78.3 cm³/mol. The molecule has 0 saturated heterocycles. The minimum Gasteiger partial charge on any atom is -0.383 e. The first-order valence-corrected chi connectivity index (χ1v) is 7.51. The molecule has 1 aliphatic carbocycles. The molecule has 3 nitrogen and oxygen atoms in total. The van der Waals surface area contributed by atoms with Crippen molar-refractivity contribution in [1.82, 2.24) is 10.3 Å². The highest BCUT2D eigenvalue weighted by Crippen LogP contribution is 2.35. The Morgan fingerprint density at radius 3 is 2.68 bits per heavy atom. The highest BCUT2D eigenvalue weighted by atomic mass is 16.5. The van der Waals surface area contributed by atoms with E-state index in [2.05, 4.69) is 22.4 Å². The molecule has 19 heavy (non-hydrogen) atoms. The van der Waals surface area contributed by atoms with Crippen LogP contribution < -0.4 is 5.32 Å². The van der Waals surface area contributed by atoms with E-state index in [4.69, 9.17) is 4.74 Å². The van der Waals surface area contributed by atoms with Gasteiger partial charge < -0.3 is 10.1 Å². The first kappa shape index (κ1) is 14.5. The molecule has 1 aliphatic rings. The van der Waals surface area contributed by atoms with Gasteiger partial charge in [0.15, 0.2) is 0 Å². The van der Waals surface area contributed by atoms with Crippen LogP contribution in [0.25, 0.3) is 0 Å². The second kappa shape index (κ2) is 8.28. The van der Waals surface area contributed by atoms with Crippen LogP contribution in [0.2, 0.25) is 0 Å². The van der Waals surface area contributed by atoms with Crippen molar-refractivity contribution in [1.29, 1.82) is 0 Å². The number of nitrogens with one attached hydrogen (secondary N) is 1. The third-order valence-electron chi connectivity index (χ3n) is 4.20. The fraction of sp³-hybridized carbons (Fsp3) is 0.688. The highest BCUT2D eigenvalue weighted by Gasteiger charge is 2.24. The van der Waals surface area contributed by atoms with E-state index in [0.717, 1.165) is 25.6 Å². The summed E-state index contributed by atoms with van der Waals surface area (Å²) < 4.78 is 5.10. The Morgan fingerprint density at radius 1 is 1.26 bits per heavy atom. The second-order valence-corrected chi connectivity index (χ2v) is 5.48. The van der Waals surface area contributed by atoms with Crippen LogP contribution in [0.3, 0.4) is 0 Å². The third kappa shape index (κ3) is 4.59. The Balaban J connectivity index is 1.96. The van der Waals surface area contributed by atoms with Crippen LogP contribution in [0.1, 0.15) is 43.6 Å². The van der Waals surface area contributed by atoms with E-state index in [0.29, 0.717) is 5.92 Å². The summed E-state index contributed by atoms with van der Waals surface area (Å²) >= 11 is 0. The van der Waals surface area contributed by atoms with Gasteiger partial charge in [-0.1, -0.05) is 19.3 Å². The van der Waals surface area contributed by atoms with Gasteiger partial charge in [-0.15, -0.1) is 0 Å². The average Bonchev–Trinajstić information content (AvgIpc) is 2.49. The van der Waals surface area contributed by atoms with E-state index in [1.807, 2.05) is 12.4 Å². The third-order valence-corrected chi connectivity index (χ3v) is 4.20. The maximum Gasteiger partial charge on any atom is 0.0587 e. The van der Waals surface area contributed by atoms with Gasteiger partial charge in [0, 0.05) is 32.6 Å². The number of nitrogens with zero attached hydrogens (tertiary/aromatic N) is 1. The molecule has 1 heterocycles. The Bertz CT molecular complexity index is 336. The van der Waals surface area contributed by atoms with Gasteiger partial charge in [-0.2, -0.15) is 0 Å².